The van der Waals surface area contributed by atoms with E-state index in [1.54, 1.807) is 31.2 Å². The molecule has 188 valence electrons. The molecule has 2 aromatic carbocycles. The standard InChI is InChI=1S/C24H23N3O8S/c1-14-13-36-23-20(25-19(28)12-33-17-6-4-3-5-7-17)22(29)26(23)21(14)24(30)35-15(2)34-18-10-8-16(9-11-18)27(31)32/h3-11,15,20,23H,12-13H2,1-2H3,(H,25,28)/t15?,20?,23-/m1/s1. The zero-order valence-electron chi connectivity index (χ0n) is 19.4. The van der Waals surface area contributed by atoms with Gasteiger partial charge < -0.3 is 19.5 Å². The Bertz CT molecular complexity index is 1200. The Labute approximate surface area is 210 Å². The second kappa shape index (κ2) is 10.7. The zero-order chi connectivity index (χ0) is 25.8. The molecule has 2 aliphatic rings. The minimum absolute atomic E-state index is 0.0944. The van der Waals surface area contributed by atoms with Gasteiger partial charge in [0.15, 0.2) is 6.61 Å². The van der Waals surface area contributed by atoms with E-state index < -0.39 is 40.4 Å². The molecule has 2 aromatic rings. The molecule has 36 heavy (non-hydrogen) atoms. The fraction of sp³-hybridized carbons (Fsp3) is 0.292. The lowest BCUT2D eigenvalue weighted by molar-refractivity contribution is -0.384. The number of hydrogen-bond donors (Lipinski definition) is 1. The van der Waals surface area contributed by atoms with Gasteiger partial charge in [-0.15, -0.1) is 11.8 Å². The molecule has 3 atom stereocenters. The molecule has 11 nitrogen and oxygen atoms in total. The molecule has 0 radical (unpaired) electrons. The van der Waals surface area contributed by atoms with Crippen LogP contribution in [0.1, 0.15) is 13.8 Å². The number of nitrogens with zero attached hydrogens (tertiary/aromatic N) is 2. The Morgan fingerprint density at radius 2 is 1.86 bits per heavy atom. The van der Waals surface area contributed by atoms with Crippen LogP contribution in [-0.2, 0) is 19.1 Å². The van der Waals surface area contributed by atoms with Crippen molar-refractivity contribution in [3.05, 3.63) is 76.0 Å². The third kappa shape index (κ3) is 5.43. The largest absolute Gasteiger partial charge is 0.484 e. The molecule has 1 N–H and O–H groups in total. The molecule has 1 fully saturated rings. The van der Waals surface area contributed by atoms with Gasteiger partial charge in [-0.05, 0) is 36.8 Å². The maximum Gasteiger partial charge on any atom is 0.358 e. The average molecular weight is 514 g/mol. The molecular weight excluding hydrogens is 490 g/mol. The van der Waals surface area contributed by atoms with Gasteiger partial charge in [0.1, 0.15) is 28.6 Å². The first-order valence-corrected chi connectivity index (χ1v) is 12.0. The third-order valence-corrected chi connectivity index (χ3v) is 6.83. The van der Waals surface area contributed by atoms with Crippen LogP contribution >= 0.6 is 11.8 Å². The number of nitro benzene ring substituents is 1. The predicted molar refractivity (Wildman–Crippen MR) is 129 cm³/mol. The fourth-order valence-corrected chi connectivity index (χ4v) is 5.00. The SMILES string of the molecule is CC1=C(C(=O)OC(C)Oc2ccc([N+](=O)[O-])cc2)N2C(=O)C(NC(=O)COc3ccccc3)[C@H]2SC1. The lowest BCUT2D eigenvalue weighted by Crippen LogP contribution is -2.70. The molecule has 2 amide bonds. The molecule has 0 saturated carbocycles. The summed E-state index contributed by atoms with van der Waals surface area (Å²) in [4.78, 5) is 49.7. The lowest BCUT2D eigenvalue weighted by Gasteiger charge is -2.49. The van der Waals surface area contributed by atoms with Gasteiger partial charge in [0, 0.05) is 24.8 Å². The first kappa shape index (κ1) is 25.0. The number of carbonyl (C=O) groups excluding carboxylic acids is 3. The lowest BCUT2D eigenvalue weighted by atomic mass is 10.0. The van der Waals surface area contributed by atoms with E-state index in [4.69, 9.17) is 14.2 Å². The Morgan fingerprint density at radius 1 is 1.17 bits per heavy atom. The quantitative estimate of drug-likeness (QED) is 0.176. The number of hydrogen-bond acceptors (Lipinski definition) is 9. The highest BCUT2D eigenvalue weighted by atomic mass is 32.2. The van der Waals surface area contributed by atoms with E-state index in [0.717, 1.165) is 0 Å². The van der Waals surface area contributed by atoms with E-state index in [2.05, 4.69) is 5.32 Å². The first-order chi connectivity index (χ1) is 17.2. The van der Waals surface area contributed by atoms with E-state index in [9.17, 15) is 24.5 Å². The van der Waals surface area contributed by atoms with Gasteiger partial charge in [-0.25, -0.2) is 4.79 Å². The van der Waals surface area contributed by atoms with Crippen molar-refractivity contribution in [2.24, 2.45) is 0 Å². The van der Waals surface area contributed by atoms with Crippen molar-refractivity contribution in [2.75, 3.05) is 12.4 Å². The number of benzene rings is 2. The van der Waals surface area contributed by atoms with E-state index in [1.165, 1.54) is 47.9 Å². The first-order valence-electron chi connectivity index (χ1n) is 11.0. The summed E-state index contributed by atoms with van der Waals surface area (Å²) in [5.41, 5.74) is 0.686. The van der Waals surface area contributed by atoms with E-state index in [-0.39, 0.29) is 23.7 Å². The Hall–Kier alpha value is -4.06. The Kier molecular flexibility index (Phi) is 7.44. The van der Waals surface area contributed by atoms with E-state index >= 15 is 0 Å². The second-order valence-electron chi connectivity index (χ2n) is 8.03. The summed E-state index contributed by atoms with van der Waals surface area (Å²) in [6.45, 7) is 2.99. The average Bonchev–Trinajstić information content (AvgIpc) is 2.86. The van der Waals surface area contributed by atoms with Gasteiger partial charge in [-0.3, -0.25) is 24.6 Å². The van der Waals surface area contributed by atoms with Crippen LogP contribution in [0.25, 0.3) is 0 Å². The third-order valence-electron chi connectivity index (χ3n) is 5.40. The topological polar surface area (TPSA) is 137 Å². The number of ether oxygens (including phenoxy) is 3. The summed E-state index contributed by atoms with van der Waals surface area (Å²) < 4.78 is 16.3. The molecule has 1 saturated heterocycles. The highest BCUT2D eigenvalue weighted by molar-refractivity contribution is 8.00. The highest BCUT2D eigenvalue weighted by Gasteiger charge is 2.54. The van der Waals surface area contributed by atoms with Gasteiger partial charge >= 0.3 is 5.97 Å². The zero-order valence-corrected chi connectivity index (χ0v) is 20.2. The molecule has 2 heterocycles. The van der Waals surface area contributed by atoms with Crippen molar-refractivity contribution < 1.29 is 33.5 Å². The van der Waals surface area contributed by atoms with Gasteiger partial charge in [-0.1, -0.05) is 18.2 Å². The van der Waals surface area contributed by atoms with Crippen LogP contribution in [0.4, 0.5) is 5.69 Å². The Morgan fingerprint density at radius 3 is 2.53 bits per heavy atom. The van der Waals surface area contributed by atoms with Crippen LogP contribution in [0.3, 0.4) is 0 Å². The normalized spacial score (nSPS) is 19.5. The molecule has 2 unspecified atom stereocenters. The van der Waals surface area contributed by atoms with Gasteiger partial charge in [0.25, 0.3) is 17.5 Å². The molecule has 4 rings (SSSR count). The number of carbonyl (C=O) groups is 3. The number of esters is 1. The van der Waals surface area contributed by atoms with Crippen LogP contribution in [0.15, 0.2) is 65.9 Å². The maximum atomic E-state index is 12.9. The number of rotatable bonds is 9. The van der Waals surface area contributed by atoms with E-state index in [0.29, 0.717) is 17.1 Å². The van der Waals surface area contributed by atoms with Crippen LogP contribution < -0.4 is 14.8 Å². The highest BCUT2D eigenvalue weighted by Crippen LogP contribution is 2.40. The number of thioether (sulfide) groups is 1. The summed E-state index contributed by atoms with van der Waals surface area (Å²) in [6.07, 6.45) is -1.02. The van der Waals surface area contributed by atoms with Crippen LogP contribution in [0.5, 0.6) is 11.5 Å². The molecule has 12 heteroatoms. The van der Waals surface area contributed by atoms with Crippen molar-refractivity contribution in [2.45, 2.75) is 31.6 Å². The van der Waals surface area contributed by atoms with Crippen LogP contribution in [0, 0.1) is 10.1 Å². The number of non-ortho nitro benzene ring substituents is 1. The van der Waals surface area contributed by atoms with Gasteiger partial charge in [-0.2, -0.15) is 0 Å². The Balaban J connectivity index is 1.33. The van der Waals surface area contributed by atoms with E-state index in [1.807, 2.05) is 6.07 Å². The summed E-state index contributed by atoms with van der Waals surface area (Å²) >= 11 is 1.43. The molecule has 0 bridgehead atoms. The minimum atomic E-state index is -1.02. The van der Waals surface area contributed by atoms with Crippen molar-refractivity contribution in [1.82, 2.24) is 10.2 Å². The maximum absolute atomic E-state index is 12.9. The monoisotopic (exact) mass is 513 g/mol. The molecule has 0 spiro atoms. The van der Waals surface area contributed by atoms with Crippen molar-refractivity contribution in [1.29, 1.82) is 0 Å². The van der Waals surface area contributed by atoms with Crippen molar-refractivity contribution >= 4 is 35.2 Å². The number of nitro groups is 1. The minimum Gasteiger partial charge on any atom is -0.484 e. The summed E-state index contributed by atoms with van der Waals surface area (Å²) in [6, 6.07) is 13.4. The number of fused-ring (bicyclic) bond motifs is 1. The molecule has 0 aliphatic carbocycles. The summed E-state index contributed by atoms with van der Waals surface area (Å²) in [5, 5.41) is 13.0. The number of amides is 2. The van der Waals surface area contributed by atoms with Gasteiger partial charge in [0.05, 0.1) is 4.92 Å². The van der Waals surface area contributed by atoms with Crippen molar-refractivity contribution in [3.8, 4) is 11.5 Å². The summed E-state index contributed by atoms with van der Waals surface area (Å²) in [7, 11) is 0. The van der Waals surface area contributed by atoms with Crippen LogP contribution in [0.2, 0.25) is 0 Å². The van der Waals surface area contributed by atoms with Gasteiger partial charge in [0.2, 0.25) is 6.29 Å². The number of para-hydroxylation sites is 1. The summed E-state index contributed by atoms with van der Waals surface area (Å²) in [5.74, 6) is -0.311. The second-order valence-corrected chi connectivity index (χ2v) is 9.13. The predicted octanol–water partition coefficient (Wildman–Crippen LogP) is 2.62. The molecular formula is C24H23N3O8S. The number of β-lactam (4-membered cyclic amide) rings is 1. The number of nitrogens with one attached hydrogen (secondary N) is 1. The van der Waals surface area contributed by atoms with Crippen molar-refractivity contribution in [3.63, 3.8) is 0 Å². The molecule has 0 aromatic heterocycles. The fourth-order valence-electron chi connectivity index (χ4n) is 3.71. The smallest absolute Gasteiger partial charge is 0.358 e. The molecule has 2 aliphatic heterocycles. The van der Waals surface area contributed by atoms with Crippen LogP contribution in [-0.4, -0.2) is 57.7 Å².